The molecular weight excluding hydrogens is 373 g/mol. The number of nitrogens with one attached hydrogen (secondary N) is 1. The van der Waals surface area contributed by atoms with Crippen LogP contribution in [0.5, 0.6) is 0 Å². The number of hydrogen-bond donors (Lipinski definition) is 1. The second-order valence-electron chi connectivity index (χ2n) is 3.98. The highest BCUT2D eigenvalue weighted by Crippen LogP contribution is 2.36. The van der Waals surface area contributed by atoms with Gasteiger partial charge in [0.2, 0.25) is 0 Å². The second kappa shape index (κ2) is 6.03. The number of hydrogen-bond acceptors (Lipinski definition) is 2. The quantitative estimate of drug-likeness (QED) is 0.764. The van der Waals surface area contributed by atoms with Gasteiger partial charge in [-0.2, -0.15) is 13.2 Å². The first kappa shape index (κ1) is 15.8. The van der Waals surface area contributed by atoms with Gasteiger partial charge in [-0.15, -0.1) is 0 Å². The Morgan fingerprint density at radius 1 is 1.29 bits per heavy atom. The number of pyridine rings is 1. The molecule has 8 heteroatoms. The van der Waals surface area contributed by atoms with Crippen LogP contribution in [0.1, 0.15) is 15.9 Å². The Balaban J connectivity index is 2.36. The summed E-state index contributed by atoms with van der Waals surface area (Å²) in [5.74, 6) is -0.763. The summed E-state index contributed by atoms with van der Waals surface area (Å²) >= 11 is 8.71. The number of benzene rings is 1. The number of amides is 1. The highest BCUT2D eigenvalue weighted by molar-refractivity contribution is 9.10. The van der Waals surface area contributed by atoms with Gasteiger partial charge in [0.05, 0.1) is 16.8 Å². The van der Waals surface area contributed by atoms with Gasteiger partial charge in [0.15, 0.2) is 0 Å². The molecule has 0 fully saturated rings. The van der Waals surface area contributed by atoms with Crippen LogP contribution in [-0.2, 0) is 6.18 Å². The van der Waals surface area contributed by atoms with Crippen molar-refractivity contribution in [2.45, 2.75) is 6.18 Å². The third-order valence-corrected chi connectivity index (χ3v) is 3.33. The van der Waals surface area contributed by atoms with Crippen molar-refractivity contribution >= 4 is 39.1 Å². The molecule has 1 aromatic carbocycles. The summed E-state index contributed by atoms with van der Waals surface area (Å²) in [5.41, 5.74) is -1.31. The van der Waals surface area contributed by atoms with Gasteiger partial charge in [0, 0.05) is 10.7 Å². The molecule has 1 aromatic heterocycles. The molecule has 0 radical (unpaired) electrons. The topological polar surface area (TPSA) is 42.0 Å². The van der Waals surface area contributed by atoms with Crippen LogP contribution in [0.25, 0.3) is 0 Å². The third-order valence-electron chi connectivity index (χ3n) is 2.54. The van der Waals surface area contributed by atoms with Crippen LogP contribution in [0.4, 0.5) is 18.9 Å². The normalized spacial score (nSPS) is 11.3. The zero-order valence-corrected chi connectivity index (χ0v) is 12.6. The number of alkyl halides is 3. The summed E-state index contributed by atoms with van der Waals surface area (Å²) in [6.45, 7) is 0. The number of halogens is 5. The predicted molar refractivity (Wildman–Crippen MR) is 76.3 cm³/mol. The van der Waals surface area contributed by atoms with Gasteiger partial charge >= 0.3 is 6.18 Å². The van der Waals surface area contributed by atoms with Gasteiger partial charge in [-0.25, -0.2) is 4.98 Å². The molecule has 0 aliphatic rings. The number of carbonyl (C=O) groups is 1. The van der Waals surface area contributed by atoms with Crippen LogP contribution in [0.15, 0.2) is 41.0 Å². The van der Waals surface area contributed by atoms with E-state index in [1.807, 2.05) is 0 Å². The molecule has 0 atom stereocenters. The Hall–Kier alpha value is -1.60. The van der Waals surface area contributed by atoms with E-state index in [9.17, 15) is 18.0 Å². The van der Waals surface area contributed by atoms with E-state index in [0.29, 0.717) is 0 Å². The highest BCUT2D eigenvalue weighted by atomic mass is 79.9. The first-order valence-corrected chi connectivity index (χ1v) is 6.75. The number of aromatic nitrogens is 1. The average Bonchev–Trinajstić information content (AvgIpc) is 2.40. The minimum atomic E-state index is -4.59. The van der Waals surface area contributed by atoms with E-state index < -0.39 is 17.6 Å². The van der Waals surface area contributed by atoms with Gasteiger partial charge in [-0.1, -0.05) is 27.5 Å². The van der Waals surface area contributed by atoms with Crippen molar-refractivity contribution in [2.24, 2.45) is 0 Å². The van der Waals surface area contributed by atoms with Crippen LogP contribution < -0.4 is 5.32 Å². The van der Waals surface area contributed by atoms with Gasteiger partial charge < -0.3 is 5.32 Å². The van der Waals surface area contributed by atoms with Crippen molar-refractivity contribution in [3.63, 3.8) is 0 Å². The van der Waals surface area contributed by atoms with Crippen molar-refractivity contribution in [2.75, 3.05) is 5.32 Å². The molecule has 0 spiro atoms. The first-order valence-electron chi connectivity index (χ1n) is 5.57. The lowest BCUT2D eigenvalue weighted by Crippen LogP contribution is -2.17. The molecular formula is C13H7BrClF3N2O. The SMILES string of the molecule is O=C(Nc1ccc(Br)cc1C(F)(F)F)c1cccnc1Cl. The predicted octanol–water partition coefficient (Wildman–Crippen LogP) is 4.77. The lowest BCUT2D eigenvalue weighted by atomic mass is 10.1. The maximum Gasteiger partial charge on any atom is 0.418 e. The monoisotopic (exact) mass is 378 g/mol. The molecule has 1 heterocycles. The maximum atomic E-state index is 12.9. The molecule has 1 amide bonds. The minimum Gasteiger partial charge on any atom is -0.321 e. The summed E-state index contributed by atoms with van der Waals surface area (Å²) in [5, 5.41) is 2.11. The van der Waals surface area contributed by atoms with E-state index in [1.165, 1.54) is 24.4 Å². The molecule has 3 nitrogen and oxygen atoms in total. The molecule has 0 aliphatic carbocycles. The Bertz CT molecular complexity index is 691. The summed E-state index contributed by atoms with van der Waals surface area (Å²) in [6, 6.07) is 6.29. The van der Waals surface area contributed by atoms with Crippen molar-refractivity contribution in [3.8, 4) is 0 Å². The van der Waals surface area contributed by atoms with Crippen molar-refractivity contribution < 1.29 is 18.0 Å². The van der Waals surface area contributed by atoms with Crippen LogP contribution in [-0.4, -0.2) is 10.9 Å². The van der Waals surface area contributed by atoms with Crippen molar-refractivity contribution in [1.82, 2.24) is 4.98 Å². The maximum absolute atomic E-state index is 12.9. The Morgan fingerprint density at radius 2 is 2.00 bits per heavy atom. The molecule has 2 aromatic rings. The molecule has 0 unspecified atom stereocenters. The number of rotatable bonds is 2. The molecule has 2 rings (SSSR count). The van der Waals surface area contributed by atoms with E-state index in [-0.39, 0.29) is 20.9 Å². The van der Waals surface area contributed by atoms with Crippen LogP contribution >= 0.6 is 27.5 Å². The van der Waals surface area contributed by atoms with Crippen molar-refractivity contribution in [1.29, 1.82) is 0 Å². The summed E-state index contributed by atoms with van der Waals surface area (Å²) in [7, 11) is 0. The number of nitrogens with zero attached hydrogens (tertiary/aromatic N) is 1. The lowest BCUT2D eigenvalue weighted by Gasteiger charge is -2.14. The Kier molecular flexibility index (Phi) is 4.53. The van der Waals surface area contributed by atoms with Crippen LogP contribution in [0.3, 0.4) is 0 Å². The highest BCUT2D eigenvalue weighted by Gasteiger charge is 2.34. The van der Waals surface area contributed by atoms with Gasteiger partial charge in [0.25, 0.3) is 5.91 Å². The molecule has 0 saturated carbocycles. The fourth-order valence-corrected chi connectivity index (χ4v) is 2.17. The molecule has 21 heavy (non-hydrogen) atoms. The van der Waals surface area contributed by atoms with Gasteiger partial charge in [0.1, 0.15) is 5.15 Å². The second-order valence-corrected chi connectivity index (χ2v) is 5.26. The number of anilines is 1. The molecule has 0 aliphatic heterocycles. The Labute approximate surface area is 131 Å². The van der Waals surface area contributed by atoms with Gasteiger partial charge in [-0.3, -0.25) is 4.79 Å². The van der Waals surface area contributed by atoms with E-state index in [1.54, 1.807) is 0 Å². The molecule has 1 N–H and O–H groups in total. The molecule has 0 saturated heterocycles. The zero-order chi connectivity index (χ0) is 15.6. The summed E-state index contributed by atoms with van der Waals surface area (Å²) < 4.78 is 39.1. The average molecular weight is 380 g/mol. The standard InChI is InChI=1S/C13H7BrClF3N2O/c14-7-3-4-10(9(6-7)13(16,17)18)20-12(21)8-2-1-5-19-11(8)15/h1-6H,(H,20,21). The van der Waals surface area contributed by atoms with Gasteiger partial charge in [-0.05, 0) is 30.3 Å². The minimum absolute atomic E-state index is 0.00444. The summed E-state index contributed by atoms with van der Waals surface area (Å²) in [6.07, 6.45) is -3.22. The Morgan fingerprint density at radius 3 is 2.62 bits per heavy atom. The van der Waals surface area contributed by atoms with Crippen LogP contribution in [0, 0.1) is 0 Å². The number of carbonyl (C=O) groups excluding carboxylic acids is 1. The molecule has 0 bridgehead atoms. The third kappa shape index (κ3) is 3.74. The lowest BCUT2D eigenvalue weighted by molar-refractivity contribution is -0.136. The molecule has 110 valence electrons. The van der Waals surface area contributed by atoms with E-state index in [2.05, 4.69) is 26.2 Å². The fraction of sp³-hybridized carbons (Fsp3) is 0.0769. The summed E-state index contributed by atoms with van der Waals surface area (Å²) in [4.78, 5) is 15.7. The van der Waals surface area contributed by atoms with E-state index in [0.717, 1.165) is 12.1 Å². The van der Waals surface area contributed by atoms with E-state index in [4.69, 9.17) is 11.6 Å². The smallest absolute Gasteiger partial charge is 0.321 e. The van der Waals surface area contributed by atoms with Crippen LogP contribution in [0.2, 0.25) is 5.15 Å². The fourth-order valence-electron chi connectivity index (χ4n) is 1.61. The van der Waals surface area contributed by atoms with E-state index >= 15 is 0 Å². The zero-order valence-electron chi connectivity index (χ0n) is 10.2. The van der Waals surface area contributed by atoms with Crippen molar-refractivity contribution in [3.05, 3.63) is 57.3 Å². The first-order chi connectivity index (χ1) is 9.79. The largest absolute Gasteiger partial charge is 0.418 e.